The lowest BCUT2D eigenvalue weighted by molar-refractivity contribution is -0.121. The minimum Gasteiger partial charge on any atom is -0.352 e. The molecular formula is C16H21N3O. The molecule has 4 nitrogen and oxygen atoms in total. The van der Waals surface area contributed by atoms with E-state index in [1.54, 1.807) is 6.20 Å². The number of nitrogens with two attached hydrogens (primary N) is 1. The van der Waals surface area contributed by atoms with Crippen LogP contribution < -0.4 is 11.1 Å². The topological polar surface area (TPSA) is 68.0 Å². The van der Waals surface area contributed by atoms with E-state index in [4.69, 9.17) is 5.73 Å². The number of hydrogen-bond donors (Lipinski definition) is 2. The van der Waals surface area contributed by atoms with Crippen LogP contribution >= 0.6 is 0 Å². The number of nitrogens with one attached hydrogen (secondary N) is 1. The number of carbonyl (C=O) groups excluding carboxylic acids is 1. The molecule has 2 rings (SSSR count). The lowest BCUT2D eigenvalue weighted by Crippen LogP contribution is -2.23. The minimum atomic E-state index is 0.0681. The van der Waals surface area contributed by atoms with Gasteiger partial charge in [0.15, 0.2) is 0 Å². The van der Waals surface area contributed by atoms with Gasteiger partial charge in [-0.1, -0.05) is 24.3 Å². The molecule has 0 spiro atoms. The first-order chi connectivity index (χ1) is 9.66. The van der Waals surface area contributed by atoms with E-state index < -0.39 is 0 Å². The summed E-state index contributed by atoms with van der Waals surface area (Å²) in [7, 11) is 0. The van der Waals surface area contributed by atoms with Gasteiger partial charge in [-0.3, -0.25) is 9.78 Å². The van der Waals surface area contributed by atoms with Crippen LogP contribution in [0, 0.1) is 0 Å². The van der Waals surface area contributed by atoms with Gasteiger partial charge in [-0.15, -0.1) is 0 Å². The van der Waals surface area contributed by atoms with Crippen molar-refractivity contribution >= 4 is 16.8 Å². The van der Waals surface area contributed by atoms with Gasteiger partial charge >= 0.3 is 0 Å². The zero-order valence-corrected chi connectivity index (χ0v) is 11.8. The number of para-hydroxylation sites is 1. The molecule has 1 amide bonds. The fraction of sp³-hybridized carbons (Fsp3) is 0.375. The minimum absolute atomic E-state index is 0.0681. The molecule has 1 atom stereocenters. The fourth-order valence-corrected chi connectivity index (χ4v) is 2.18. The number of hydrogen-bond acceptors (Lipinski definition) is 3. The first-order valence-corrected chi connectivity index (χ1v) is 7.01. The molecule has 0 aliphatic carbocycles. The Morgan fingerprint density at radius 3 is 2.95 bits per heavy atom. The van der Waals surface area contributed by atoms with Crippen molar-refractivity contribution < 1.29 is 4.79 Å². The predicted molar refractivity (Wildman–Crippen MR) is 81.1 cm³/mol. The first kappa shape index (κ1) is 14.5. The standard InChI is InChI=1S/C16H21N3O/c1-12(17)5-2-9-15(20)19-11-14-7-3-6-13-8-4-10-18-16(13)14/h3-4,6-8,10,12H,2,5,9,11,17H2,1H3,(H,19,20). The molecule has 106 valence electrons. The van der Waals surface area contributed by atoms with E-state index in [9.17, 15) is 4.79 Å². The van der Waals surface area contributed by atoms with Gasteiger partial charge in [0, 0.05) is 30.6 Å². The molecule has 1 heterocycles. The number of aromatic nitrogens is 1. The predicted octanol–water partition coefficient (Wildman–Crippen LogP) is 2.37. The molecule has 1 aromatic carbocycles. The fourth-order valence-electron chi connectivity index (χ4n) is 2.18. The average Bonchev–Trinajstić information content (AvgIpc) is 2.44. The Bertz CT molecular complexity index is 575. The van der Waals surface area contributed by atoms with Crippen LogP contribution in [0.25, 0.3) is 10.9 Å². The molecule has 0 aliphatic heterocycles. The molecule has 0 fully saturated rings. The Kier molecular flexibility index (Phi) is 5.07. The van der Waals surface area contributed by atoms with Crippen LogP contribution in [0.1, 0.15) is 31.7 Å². The van der Waals surface area contributed by atoms with Gasteiger partial charge in [0.2, 0.25) is 5.91 Å². The number of benzene rings is 1. The Morgan fingerprint density at radius 2 is 2.15 bits per heavy atom. The van der Waals surface area contributed by atoms with Crippen LogP contribution in [0.3, 0.4) is 0 Å². The summed E-state index contributed by atoms with van der Waals surface area (Å²) < 4.78 is 0. The van der Waals surface area contributed by atoms with E-state index in [0.717, 1.165) is 29.3 Å². The lowest BCUT2D eigenvalue weighted by atomic mass is 10.1. The molecule has 0 aliphatic rings. The third kappa shape index (κ3) is 4.03. The van der Waals surface area contributed by atoms with E-state index in [-0.39, 0.29) is 11.9 Å². The summed E-state index contributed by atoms with van der Waals surface area (Å²) in [5.41, 5.74) is 7.66. The average molecular weight is 271 g/mol. The van der Waals surface area contributed by atoms with Gasteiger partial charge in [-0.25, -0.2) is 0 Å². The maximum atomic E-state index is 11.8. The summed E-state index contributed by atoms with van der Waals surface area (Å²) in [6, 6.07) is 10.1. The number of rotatable bonds is 6. The van der Waals surface area contributed by atoms with Gasteiger partial charge < -0.3 is 11.1 Å². The van der Waals surface area contributed by atoms with Crippen molar-refractivity contribution in [1.82, 2.24) is 10.3 Å². The normalized spacial score (nSPS) is 12.3. The van der Waals surface area contributed by atoms with Crippen LogP contribution in [0.2, 0.25) is 0 Å². The van der Waals surface area contributed by atoms with Gasteiger partial charge in [-0.2, -0.15) is 0 Å². The summed E-state index contributed by atoms with van der Waals surface area (Å²) in [6.07, 6.45) is 4.01. The number of carbonyl (C=O) groups is 1. The Labute approximate surface area is 119 Å². The van der Waals surface area contributed by atoms with Crippen molar-refractivity contribution in [2.24, 2.45) is 5.73 Å². The molecular weight excluding hydrogens is 250 g/mol. The number of amides is 1. The van der Waals surface area contributed by atoms with Crippen molar-refractivity contribution in [3.8, 4) is 0 Å². The quantitative estimate of drug-likeness (QED) is 0.847. The Morgan fingerprint density at radius 1 is 1.35 bits per heavy atom. The first-order valence-electron chi connectivity index (χ1n) is 7.01. The van der Waals surface area contributed by atoms with Crippen LogP contribution in [0.4, 0.5) is 0 Å². The maximum Gasteiger partial charge on any atom is 0.220 e. The maximum absolute atomic E-state index is 11.8. The smallest absolute Gasteiger partial charge is 0.220 e. The summed E-state index contributed by atoms with van der Waals surface area (Å²) in [5.74, 6) is 0.0681. The van der Waals surface area contributed by atoms with E-state index in [2.05, 4.69) is 10.3 Å². The Hall–Kier alpha value is -1.94. The molecule has 3 N–H and O–H groups in total. The SMILES string of the molecule is CC(N)CCCC(=O)NCc1cccc2cccnc12. The molecule has 4 heteroatoms. The van der Waals surface area contributed by atoms with Crippen molar-refractivity contribution in [2.75, 3.05) is 0 Å². The molecule has 20 heavy (non-hydrogen) atoms. The molecule has 1 aromatic heterocycles. The third-order valence-corrected chi connectivity index (χ3v) is 3.26. The summed E-state index contributed by atoms with van der Waals surface area (Å²) in [5, 5.41) is 4.04. The van der Waals surface area contributed by atoms with Crippen molar-refractivity contribution in [3.63, 3.8) is 0 Å². The molecule has 0 bridgehead atoms. The summed E-state index contributed by atoms with van der Waals surface area (Å²) in [4.78, 5) is 16.1. The highest BCUT2D eigenvalue weighted by atomic mass is 16.1. The van der Waals surface area contributed by atoms with Crippen LogP contribution in [-0.4, -0.2) is 16.9 Å². The number of pyridine rings is 1. The Balaban J connectivity index is 1.91. The van der Waals surface area contributed by atoms with Gasteiger partial charge in [0.25, 0.3) is 0 Å². The molecule has 0 saturated carbocycles. The van der Waals surface area contributed by atoms with Crippen molar-refractivity contribution in [1.29, 1.82) is 0 Å². The number of fused-ring (bicyclic) bond motifs is 1. The monoisotopic (exact) mass is 271 g/mol. The van der Waals surface area contributed by atoms with Gasteiger partial charge in [0.05, 0.1) is 5.52 Å². The number of nitrogens with zero attached hydrogens (tertiary/aromatic N) is 1. The van der Waals surface area contributed by atoms with E-state index in [0.29, 0.717) is 13.0 Å². The summed E-state index contributed by atoms with van der Waals surface area (Å²) in [6.45, 7) is 2.48. The van der Waals surface area contributed by atoms with Crippen LogP contribution in [-0.2, 0) is 11.3 Å². The largest absolute Gasteiger partial charge is 0.352 e. The van der Waals surface area contributed by atoms with Crippen LogP contribution in [0.15, 0.2) is 36.5 Å². The van der Waals surface area contributed by atoms with E-state index in [1.165, 1.54) is 0 Å². The second kappa shape index (κ2) is 7.01. The van der Waals surface area contributed by atoms with Gasteiger partial charge in [-0.05, 0) is 31.4 Å². The van der Waals surface area contributed by atoms with Crippen molar-refractivity contribution in [3.05, 3.63) is 42.1 Å². The van der Waals surface area contributed by atoms with E-state index >= 15 is 0 Å². The summed E-state index contributed by atoms with van der Waals surface area (Å²) >= 11 is 0. The highest BCUT2D eigenvalue weighted by Gasteiger charge is 2.05. The highest BCUT2D eigenvalue weighted by Crippen LogP contribution is 2.15. The third-order valence-electron chi connectivity index (χ3n) is 3.26. The lowest BCUT2D eigenvalue weighted by Gasteiger charge is -2.08. The second-order valence-electron chi connectivity index (χ2n) is 5.14. The van der Waals surface area contributed by atoms with Gasteiger partial charge in [0.1, 0.15) is 0 Å². The molecule has 0 saturated heterocycles. The van der Waals surface area contributed by atoms with Crippen LogP contribution in [0.5, 0.6) is 0 Å². The molecule has 1 unspecified atom stereocenters. The molecule has 2 aromatic rings. The van der Waals surface area contributed by atoms with E-state index in [1.807, 2.05) is 37.3 Å². The zero-order chi connectivity index (χ0) is 14.4. The molecule has 0 radical (unpaired) electrons. The zero-order valence-electron chi connectivity index (χ0n) is 11.8. The van der Waals surface area contributed by atoms with Crippen molar-refractivity contribution in [2.45, 2.75) is 38.8 Å². The second-order valence-corrected chi connectivity index (χ2v) is 5.14. The highest BCUT2D eigenvalue weighted by molar-refractivity contribution is 5.82.